The molecular formula is C17H18N2O4. The molecule has 0 aliphatic heterocycles. The summed E-state index contributed by atoms with van der Waals surface area (Å²) in [6.07, 6.45) is 0. The molecule has 0 radical (unpaired) electrons. The molecule has 6 heteroatoms. The van der Waals surface area contributed by atoms with E-state index in [9.17, 15) is 14.7 Å². The molecule has 0 saturated heterocycles. The normalized spacial score (nSPS) is 10.0. The minimum Gasteiger partial charge on any atom is -0.508 e. The molecule has 0 atom stereocenters. The van der Waals surface area contributed by atoms with Gasteiger partial charge in [-0.1, -0.05) is 18.2 Å². The third-order valence-corrected chi connectivity index (χ3v) is 3.26. The lowest BCUT2D eigenvalue weighted by Gasteiger charge is -2.19. The third kappa shape index (κ3) is 4.23. The van der Waals surface area contributed by atoms with Crippen LogP contribution in [0.4, 0.5) is 11.4 Å². The van der Waals surface area contributed by atoms with Crippen LogP contribution >= 0.6 is 0 Å². The number of amides is 1. The molecule has 23 heavy (non-hydrogen) atoms. The summed E-state index contributed by atoms with van der Waals surface area (Å²) in [7, 11) is 3.02. The predicted octanol–water partition coefficient (Wildman–Crippen LogP) is 2.25. The Morgan fingerprint density at radius 1 is 1.17 bits per heavy atom. The van der Waals surface area contributed by atoms with Gasteiger partial charge in [0.2, 0.25) is 5.91 Å². The van der Waals surface area contributed by atoms with E-state index in [4.69, 9.17) is 4.74 Å². The van der Waals surface area contributed by atoms with Crippen LogP contribution in [0, 0.1) is 0 Å². The highest BCUT2D eigenvalue weighted by Crippen LogP contribution is 2.19. The Kier molecular flexibility index (Phi) is 5.19. The third-order valence-electron chi connectivity index (χ3n) is 3.26. The summed E-state index contributed by atoms with van der Waals surface area (Å²) < 4.78 is 4.69. The van der Waals surface area contributed by atoms with Crippen LogP contribution in [0.2, 0.25) is 0 Å². The zero-order valence-electron chi connectivity index (χ0n) is 12.9. The van der Waals surface area contributed by atoms with Gasteiger partial charge < -0.3 is 20.1 Å². The van der Waals surface area contributed by atoms with Gasteiger partial charge in [-0.3, -0.25) is 4.79 Å². The molecule has 0 bridgehead atoms. The zero-order chi connectivity index (χ0) is 16.8. The Labute approximate surface area is 134 Å². The topological polar surface area (TPSA) is 78.9 Å². The van der Waals surface area contributed by atoms with Crippen LogP contribution in [0.5, 0.6) is 5.75 Å². The maximum absolute atomic E-state index is 12.2. The van der Waals surface area contributed by atoms with E-state index < -0.39 is 5.97 Å². The summed E-state index contributed by atoms with van der Waals surface area (Å²) in [5.74, 6) is -0.666. The summed E-state index contributed by atoms with van der Waals surface area (Å²) in [5.41, 5.74) is 1.40. The number of phenols is 1. The molecule has 120 valence electrons. The molecule has 0 aliphatic rings. The smallest absolute Gasteiger partial charge is 0.339 e. The molecule has 2 N–H and O–H groups in total. The molecular weight excluding hydrogens is 296 g/mol. The van der Waals surface area contributed by atoms with Gasteiger partial charge in [0.15, 0.2) is 0 Å². The fraction of sp³-hybridized carbons (Fsp3) is 0.176. The van der Waals surface area contributed by atoms with Gasteiger partial charge in [0, 0.05) is 18.8 Å². The van der Waals surface area contributed by atoms with E-state index in [1.54, 1.807) is 60.5 Å². The number of hydrogen-bond donors (Lipinski definition) is 2. The molecule has 0 aromatic heterocycles. The maximum Gasteiger partial charge on any atom is 0.339 e. The second-order valence-electron chi connectivity index (χ2n) is 4.96. The number of para-hydroxylation sites is 1. The number of likely N-dealkylation sites (N-methyl/N-ethyl adjacent to an activating group) is 1. The number of anilines is 2. The van der Waals surface area contributed by atoms with Crippen molar-refractivity contribution in [2.45, 2.75) is 0 Å². The number of benzene rings is 2. The Bertz CT molecular complexity index is 715. The van der Waals surface area contributed by atoms with Crippen molar-refractivity contribution in [1.82, 2.24) is 0 Å². The van der Waals surface area contributed by atoms with Crippen molar-refractivity contribution in [2.75, 3.05) is 30.9 Å². The second-order valence-corrected chi connectivity index (χ2v) is 4.96. The number of carbonyl (C=O) groups excluding carboxylic acids is 2. The molecule has 2 aromatic carbocycles. The van der Waals surface area contributed by atoms with Crippen molar-refractivity contribution in [3.63, 3.8) is 0 Å². The fourth-order valence-electron chi connectivity index (χ4n) is 2.11. The quantitative estimate of drug-likeness (QED) is 0.828. The van der Waals surface area contributed by atoms with Crippen LogP contribution in [-0.2, 0) is 9.53 Å². The van der Waals surface area contributed by atoms with E-state index in [2.05, 4.69) is 5.32 Å². The van der Waals surface area contributed by atoms with Crippen LogP contribution in [0.25, 0.3) is 0 Å². The molecule has 0 fully saturated rings. The van der Waals surface area contributed by atoms with Crippen LogP contribution in [0.1, 0.15) is 10.4 Å². The van der Waals surface area contributed by atoms with E-state index in [1.165, 1.54) is 7.11 Å². The monoisotopic (exact) mass is 314 g/mol. The Balaban J connectivity index is 2.07. The lowest BCUT2D eigenvalue weighted by atomic mass is 10.2. The van der Waals surface area contributed by atoms with Gasteiger partial charge in [-0.05, 0) is 24.3 Å². The van der Waals surface area contributed by atoms with Gasteiger partial charge >= 0.3 is 5.97 Å². The molecule has 1 amide bonds. The Morgan fingerprint density at radius 2 is 1.91 bits per heavy atom. The number of carbonyl (C=O) groups is 2. The van der Waals surface area contributed by atoms with Crippen molar-refractivity contribution in [3.8, 4) is 5.75 Å². The first-order chi connectivity index (χ1) is 11.0. The minimum atomic E-state index is -0.512. The van der Waals surface area contributed by atoms with Gasteiger partial charge in [-0.15, -0.1) is 0 Å². The number of methoxy groups -OCH3 is 1. The average molecular weight is 314 g/mol. The Morgan fingerprint density at radius 3 is 2.61 bits per heavy atom. The lowest BCUT2D eigenvalue weighted by molar-refractivity contribution is -0.114. The van der Waals surface area contributed by atoms with E-state index in [1.807, 2.05) is 0 Å². The van der Waals surface area contributed by atoms with Crippen molar-refractivity contribution in [1.29, 1.82) is 0 Å². The highest BCUT2D eigenvalue weighted by atomic mass is 16.5. The Hall–Kier alpha value is -3.02. The zero-order valence-corrected chi connectivity index (χ0v) is 12.9. The SMILES string of the molecule is COC(=O)c1ccccc1NC(=O)CN(C)c1cccc(O)c1. The van der Waals surface area contributed by atoms with Gasteiger partial charge in [0.25, 0.3) is 0 Å². The van der Waals surface area contributed by atoms with Crippen LogP contribution in [0.15, 0.2) is 48.5 Å². The van der Waals surface area contributed by atoms with Crippen molar-refractivity contribution in [3.05, 3.63) is 54.1 Å². The summed E-state index contributed by atoms with van der Waals surface area (Å²) in [5, 5.41) is 12.2. The van der Waals surface area contributed by atoms with Gasteiger partial charge in [0.05, 0.1) is 24.9 Å². The highest BCUT2D eigenvalue weighted by Gasteiger charge is 2.14. The van der Waals surface area contributed by atoms with Crippen molar-refractivity contribution < 1.29 is 19.4 Å². The molecule has 2 rings (SSSR count). The highest BCUT2D eigenvalue weighted by molar-refractivity contribution is 6.02. The van der Waals surface area contributed by atoms with Crippen LogP contribution in [-0.4, -0.2) is 37.7 Å². The number of phenolic OH excluding ortho intramolecular Hbond substituents is 1. The predicted molar refractivity (Wildman–Crippen MR) is 87.8 cm³/mol. The van der Waals surface area contributed by atoms with Crippen molar-refractivity contribution >= 4 is 23.3 Å². The van der Waals surface area contributed by atoms with Crippen LogP contribution < -0.4 is 10.2 Å². The molecule has 2 aromatic rings. The molecule has 0 aliphatic carbocycles. The molecule has 0 unspecified atom stereocenters. The van der Waals surface area contributed by atoms with E-state index in [-0.39, 0.29) is 18.2 Å². The fourth-order valence-corrected chi connectivity index (χ4v) is 2.11. The maximum atomic E-state index is 12.2. The van der Waals surface area contributed by atoms with Crippen molar-refractivity contribution in [2.24, 2.45) is 0 Å². The average Bonchev–Trinajstić information content (AvgIpc) is 2.54. The number of nitrogens with zero attached hydrogens (tertiary/aromatic N) is 1. The molecule has 0 spiro atoms. The largest absolute Gasteiger partial charge is 0.508 e. The summed E-state index contributed by atoms with van der Waals surface area (Å²) >= 11 is 0. The number of aromatic hydroxyl groups is 1. The first-order valence-corrected chi connectivity index (χ1v) is 6.98. The number of hydrogen-bond acceptors (Lipinski definition) is 5. The molecule has 6 nitrogen and oxygen atoms in total. The first-order valence-electron chi connectivity index (χ1n) is 6.98. The van der Waals surface area contributed by atoms with E-state index >= 15 is 0 Å². The van der Waals surface area contributed by atoms with Gasteiger partial charge in [-0.2, -0.15) is 0 Å². The summed E-state index contributed by atoms with van der Waals surface area (Å²) in [6.45, 7) is 0.0684. The molecule has 0 saturated carbocycles. The number of esters is 1. The number of ether oxygens (including phenoxy) is 1. The van der Waals surface area contributed by atoms with Crippen LogP contribution in [0.3, 0.4) is 0 Å². The van der Waals surface area contributed by atoms with E-state index in [0.29, 0.717) is 16.9 Å². The number of rotatable bonds is 5. The number of nitrogens with one attached hydrogen (secondary N) is 1. The lowest BCUT2D eigenvalue weighted by Crippen LogP contribution is -2.30. The van der Waals surface area contributed by atoms with Gasteiger partial charge in [0.1, 0.15) is 5.75 Å². The van der Waals surface area contributed by atoms with E-state index in [0.717, 1.165) is 0 Å². The second kappa shape index (κ2) is 7.31. The summed E-state index contributed by atoms with van der Waals surface area (Å²) in [4.78, 5) is 25.6. The minimum absolute atomic E-state index is 0.0684. The standard InChI is InChI=1S/C17H18N2O4/c1-19(12-6-5-7-13(20)10-12)11-16(21)18-15-9-4-3-8-14(15)17(22)23-2/h3-10,20H,11H2,1-2H3,(H,18,21). The molecule has 0 heterocycles. The summed E-state index contributed by atoms with van der Waals surface area (Å²) in [6, 6.07) is 13.3. The van der Waals surface area contributed by atoms with Gasteiger partial charge in [-0.25, -0.2) is 4.79 Å². The first kappa shape index (κ1) is 16.4.